The summed E-state index contributed by atoms with van der Waals surface area (Å²) < 4.78 is 26.7. The molecule has 2 rings (SSSR count). The number of hydrogen-bond acceptors (Lipinski definition) is 1. The van der Waals surface area contributed by atoms with Crippen LogP contribution < -0.4 is 5.73 Å². The fourth-order valence-corrected chi connectivity index (χ4v) is 2.42. The van der Waals surface area contributed by atoms with Crippen LogP contribution in [0, 0.1) is 11.6 Å². The Morgan fingerprint density at radius 3 is 2.35 bits per heavy atom. The Hall–Kier alpha value is -1.45. The predicted molar refractivity (Wildman–Crippen MR) is 78.9 cm³/mol. The van der Waals surface area contributed by atoms with Crippen LogP contribution in [0.4, 0.5) is 8.78 Å². The fourth-order valence-electron chi connectivity index (χ4n) is 2.20. The minimum atomic E-state index is -0.614. The smallest absolute Gasteiger partial charge is 0.126 e. The van der Waals surface area contributed by atoms with Crippen LogP contribution in [0.5, 0.6) is 0 Å². The summed E-state index contributed by atoms with van der Waals surface area (Å²) in [6.07, 6.45) is 0.846. The largest absolute Gasteiger partial charge is 0.330 e. The molecule has 0 amide bonds. The predicted octanol–water partition coefficient (Wildman–Crippen LogP) is 4.74. The molecule has 0 saturated carbocycles. The summed E-state index contributed by atoms with van der Waals surface area (Å²) in [7, 11) is 0. The highest BCUT2D eigenvalue weighted by molar-refractivity contribution is 6.33. The third-order valence-corrected chi connectivity index (χ3v) is 3.66. The molecule has 2 aromatic rings. The molecule has 106 valence electrons. The van der Waals surface area contributed by atoms with Crippen molar-refractivity contribution >= 4 is 11.6 Å². The molecular weight excluding hydrogens is 280 g/mol. The third kappa shape index (κ3) is 3.35. The molecule has 2 aromatic carbocycles. The van der Waals surface area contributed by atoms with Crippen molar-refractivity contribution in [2.75, 3.05) is 6.54 Å². The van der Waals surface area contributed by atoms with Gasteiger partial charge in [-0.3, -0.25) is 0 Å². The van der Waals surface area contributed by atoms with Crippen molar-refractivity contribution in [1.82, 2.24) is 0 Å². The topological polar surface area (TPSA) is 26.0 Å². The lowest BCUT2D eigenvalue weighted by Gasteiger charge is -2.13. The van der Waals surface area contributed by atoms with Crippen molar-refractivity contribution < 1.29 is 8.78 Å². The Labute approximate surface area is 122 Å². The van der Waals surface area contributed by atoms with Crippen LogP contribution in [0.1, 0.15) is 24.8 Å². The molecule has 0 aliphatic rings. The Balaban J connectivity index is 2.47. The van der Waals surface area contributed by atoms with E-state index < -0.39 is 11.6 Å². The summed E-state index contributed by atoms with van der Waals surface area (Å²) in [6, 6.07) is 8.95. The van der Waals surface area contributed by atoms with Gasteiger partial charge in [0, 0.05) is 16.7 Å². The molecule has 0 spiro atoms. The van der Waals surface area contributed by atoms with Gasteiger partial charge < -0.3 is 5.73 Å². The molecule has 0 aromatic heterocycles. The SMILES string of the molecule is CC(CCN)c1ccc(Cl)c(-c2cc(F)cc(F)c2)c1. The Kier molecular flexibility index (Phi) is 4.73. The number of hydrogen-bond donors (Lipinski definition) is 1. The van der Waals surface area contributed by atoms with Gasteiger partial charge in [-0.2, -0.15) is 0 Å². The lowest BCUT2D eigenvalue weighted by Crippen LogP contribution is -2.04. The monoisotopic (exact) mass is 295 g/mol. The lowest BCUT2D eigenvalue weighted by molar-refractivity contribution is 0.584. The molecule has 0 heterocycles. The lowest BCUT2D eigenvalue weighted by atomic mass is 9.94. The molecule has 1 nitrogen and oxygen atoms in total. The summed E-state index contributed by atoms with van der Waals surface area (Å²) >= 11 is 6.15. The van der Waals surface area contributed by atoms with Crippen LogP contribution in [0.2, 0.25) is 5.02 Å². The van der Waals surface area contributed by atoms with E-state index in [9.17, 15) is 8.78 Å². The van der Waals surface area contributed by atoms with Crippen molar-refractivity contribution in [3.8, 4) is 11.1 Å². The van der Waals surface area contributed by atoms with E-state index in [1.807, 2.05) is 12.1 Å². The zero-order valence-electron chi connectivity index (χ0n) is 11.2. The van der Waals surface area contributed by atoms with Gasteiger partial charge in [0.15, 0.2) is 0 Å². The molecule has 0 radical (unpaired) electrons. The average molecular weight is 296 g/mol. The van der Waals surface area contributed by atoms with E-state index in [2.05, 4.69) is 6.92 Å². The highest BCUT2D eigenvalue weighted by Gasteiger charge is 2.11. The highest BCUT2D eigenvalue weighted by atomic mass is 35.5. The Morgan fingerprint density at radius 1 is 1.10 bits per heavy atom. The van der Waals surface area contributed by atoms with Crippen molar-refractivity contribution in [2.24, 2.45) is 5.73 Å². The third-order valence-electron chi connectivity index (χ3n) is 3.33. The number of rotatable bonds is 4. The van der Waals surface area contributed by atoms with Gasteiger partial charge in [0.25, 0.3) is 0 Å². The molecule has 0 fully saturated rings. The number of benzene rings is 2. The van der Waals surface area contributed by atoms with E-state index in [1.54, 1.807) is 6.07 Å². The van der Waals surface area contributed by atoms with Crippen LogP contribution in [0.3, 0.4) is 0 Å². The summed E-state index contributed by atoms with van der Waals surface area (Å²) in [5, 5.41) is 0.471. The second-order valence-electron chi connectivity index (χ2n) is 4.88. The van der Waals surface area contributed by atoms with Gasteiger partial charge in [-0.1, -0.05) is 24.6 Å². The quantitative estimate of drug-likeness (QED) is 0.866. The van der Waals surface area contributed by atoms with Crippen molar-refractivity contribution in [3.63, 3.8) is 0 Å². The van der Waals surface area contributed by atoms with Crippen LogP contribution in [-0.2, 0) is 0 Å². The summed E-state index contributed by atoms with van der Waals surface area (Å²) in [4.78, 5) is 0. The maximum absolute atomic E-state index is 13.3. The van der Waals surface area contributed by atoms with Gasteiger partial charge in [0.1, 0.15) is 11.6 Å². The van der Waals surface area contributed by atoms with Gasteiger partial charge in [-0.05, 0) is 54.3 Å². The second kappa shape index (κ2) is 6.33. The molecule has 0 bridgehead atoms. The van der Waals surface area contributed by atoms with Gasteiger partial charge >= 0.3 is 0 Å². The molecule has 0 aliphatic carbocycles. The van der Waals surface area contributed by atoms with Crippen molar-refractivity contribution in [3.05, 3.63) is 58.6 Å². The maximum atomic E-state index is 13.3. The highest BCUT2D eigenvalue weighted by Crippen LogP contribution is 2.32. The van der Waals surface area contributed by atoms with E-state index >= 15 is 0 Å². The maximum Gasteiger partial charge on any atom is 0.126 e. The van der Waals surface area contributed by atoms with Gasteiger partial charge in [-0.25, -0.2) is 8.78 Å². The average Bonchev–Trinajstić information content (AvgIpc) is 2.38. The standard InChI is InChI=1S/C16H16ClF2N/c1-10(4-5-20)11-2-3-16(17)15(8-11)12-6-13(18)9-14(19)7-12/h2-3,6-10H,4-5,20H2,1H3. The van der Waals surface area contributed by atoms with Crippen LogP contribution >= 0.6 is 11.6 Å². The molecule has 20 heavy (non-hydrogen) atoms. The minimum absolute atomic E-state index is 0.273. The van der Waals surface area contributed by atoms with E-state index in [-0.39, 0.29) is 5.92 Å². The summed E-state index contributed by atoms with van der Waals surface area (Å²) in [5.41, 5.74) is 7.69. The summed E-state index contributed by atoms with van der Waals surface area (Å²) in [5.74, 6) is -0.956. The van der Waals surface area contributed by atoms with Crippen molar-refractivity contribution in [1.29, 1.82) is 0 Å². The van der Waals surface area contributed by atoms with E-state index in [4.69, 9.17) is 17.3 Å². The first-order valence-electron chi connectivity index (χ1n) is 6.47. The first-order chi connectivity index (χ1) is 9.51. The molecule has 4 heteroatoms. The Morgan fingerprint density at radius 2 is 1.75 bits per heavy atom. The zero-order valence-corrected chi connectivity index (χ0v) is 11.9. The minimum Gasteiger partial charge on any atom is -0.330 e. The molecule has 0 aliphatic heterocycles. The van der Waals surface area contributed by atoms with Crippen molar-refractivity contribution in [2.45, 2.75) is 19.3 Å². The number of halogens is 3. The normalized spacial score (nSPS) is 12.4. The van der Waals surface area contributed by atoms with Gasteiger partial charge in [0.2, 0.25) is 0 Å². The zero-order chi connectivity index (χ0) is 14.7. The van der Waals surface area contributed by atoms with Crippen LogP contribution in [-0.4, -0.2) is 6.54 Å². The Bertz CT molecular complexity index is 593. The van der Waals surface area contributed by atoms with E-state index in [1.165, 1.54) is 12.1 Å². The molecule has 1 unspecified atom stereocenters. The number of nitrogens with two attached hydrogens (primary N) is 1. The molecule has 2 N–H and O–H groups in total. The van der Waals surface area contributed by atoms with Crippen LogP contribution in [0.15, 0.2) is 36.4 Å². The first-order valence-corrected chi connectivity index (χ1v) is 6.85. The fraction of sp³-hybridized carbons (Fsp3) is 0.250. The van der Waals surface area contributed by atoms with E-state index in [0.29, 0.717) is 22.7 Å². The second-order valence-corrected chi connectivity index (χ2v) is 5.28. The molecule has 1 atom stereocenters. The molecular formula is C16H16ClF2N. The van der Waals surface area contributed by atoms with Gasteiger partial charge in [0.05, 0.1) is 0 Å². The molecule has 0 saturated heterocycles. The van der Waals surface area contributed by atoms with Crippen LogP contribution in [0.25, 0.3) is 11.1 Å². The van der Waals surface area contributed by atoms with Gasteiger partial charge in [-0.15, -0.1) is 0 Å². The first kappa shape index (κ1) is 14.9. The van der Waals surface area contributed by atoms with E-state index in [0.717, 1.165) is 18.1 Å². The summed E-state index contributed by atoms with van der Waals surface area (Å²) in [6.45, 7) is 2.65.